The lowest BCUT2D eigenvalue weighted by molar-refractivity contribution is -0.121. The molecule has 3 rings (SSSR count). The molecule has 0 radical (unpaired) electrons. The number of fused-ring (bicyclic) bond motifs is 1. The van der Waals surface area contributed by atoms with E-state index in [0.717, 1.165) is 23.3 Å². The van der Waals surface area contributed by atoms with Crippen molar-refractivity contribution in [1.82, 2.24) is 14.9 Å². The summed E-state index contributed by atoms with van der Waals surface area (Å²) in [6.07, 6.45) is 0.777. The van der Waals surface area contributed by atoms with Gasteiger partial charge < -0.3 is 19.4 Å². The van der Waals surface area contributed by atoms with Crippen LogP contribution in [0.3, 0.4) is 0 Å². The number of amides is 1. The van der Waals surface area contributed by atoms with E-state index in [9.17, 15) is 4.79 Å². The first-order valence-corrected chi connectivity index (χ1v) is 8.69. The van der Waals surface area contributed by atoms with Gasteiger partial charge in [0.15, 0.2) is 11.5 Å². The zero-order valence-corrected chi connectivity index (χ0v) is 15.1. The van der Waals surface area contributed by atoms with Crippen LogP contribution in [0.15, 0.2) is 48.5 Å². The van der Waals surface area contributed by atoms with E-state index >= 15 is 0 Å². The van der Waals surface area contributed by atoms with Gasteiger partial charge in [-0.1, -0.05) is 31.2 Å². The highest BCUT2D eigenvalue weighted by molar-refractivity contribution is 5.81. The van der Waals surface area contributed by atoms with Crippen LogP contribution in [0, 0.1) is 0 Å². The van der Waals surface area contributed by atoms with Crippen LogP contribution in [0.1, 0.15) is 12.7 Å². The third-order valence-corrected chi connectivity index (χ3v) is 4.10. The van der Waals surface area contributed by atoms with Crippen LogP contribution in [0.2, 0.25) is 0 Å². The van der Waals surface area contributed by atoms with Crippen molar-refractivity contribution < 1.29 is 14.3 Å². The summed E-state index contributed by atoms with van der Waals surface area (Å²) in [5.41, 5.74) is 1.89. The predicted octanol–water partition coefficient (Wildman–Crippen LogP) is 2.80. The fourth-order valence-electron chi connectivity index (χ4n) is 2.86. The molecule has 0 saturated carbocycles. The maximum atomic E-state index is 12.3. The molecule has 6 heteroatoms. The Balaban J connectivity index is 1.55. The number of methoxy groups -OCH3 is 1. The predicted molar refractivity (Wildman–Crippen MR) is 101 cm³/mol. The third-order valence-electron chi connectivity index (χ3n) is 4.10. The van der Waals surface area contributed by atoms with Crippen LogP contribution in [-0.2, 0) is 17.8 Å². The van der Waals surface area contributed by atoms with Gasteiger partial charge in [-0.2, -0.15) is 0 Å². The molecule has 1 heterocycles. The van der Waals surface area contributed by atoms with Crippen molar-refractivity contribution in [1.29, 1.82) is 0 Å². The zero-order chi connectivity index (χ0) is 18.4. The highest BCUT2D eigenvalue weighted by atomic mass is 16.5. The fourth-order valence-corrected chi connectivity index (χ4v) is 2.86. The largest absolute Gasteiger partial charge is 0.493 e. The Bertz CT molecular complexity index is 889. The summed E-state index contributed by atoms with van der Waals surface area (Å²) in [5, 5.41) is 2.89. The molecule has 26 heavy (non-hydrogen) atoms. The van der Waals surface area contributed by atoms with E-state index in [1.54, 1.807) is 7.11 Å². The molecule has 1 N–H and O–H groups in total. The highest BCUT2D eigenvalue weighted by Gasteiger charge is 2.12. The molecule has 3 aromatic rings. The van der Waals surface area contributed by atoms with Gasteiger partial charge in [0.2, 0.25) is 5.91 Å². The standard InChI is InChI=1S/C20H23N3O3/c1-3-19-22-15-8-4-5-9-16(15)23(19)14-20(24)21-12-13-26-18-11-7-6-10-17(18)25-2/h4-11H,3,12-14H2,1-2H3,(H,21,24). The second kappa shape index (κ2) is 8.38. The van der Waals surface area contributed by atoms with Gasteiger partial charge in [0.05, 0.1) is 24.7 Å². The summed E-state index contributed by atoms with van der Waals surface area (Å²) in [6, 6.07) is 15.3. The molecule has 0 unspecified atom stereocenters. The summed E-state index contributed by atoms with van der Waals surface area (Å²) in [7, 11) is 1.60. The molecule has 0 aliphatic carbocycles. The molecule has 0 fully saturated rings. The molecule has 0 aliphatic heterocycles. The smallest absolute Gasteiger partial charge is 0.240 e. The lowest BCUT2D eigenvalue weighted by atomic mass is 10.3. The van der Waals surface area contributed by atoms with Crippen molar-refractivity contribution in [2.24, 2.45) is 0 Å². The third kappa shape index (κ3) is 3.96. The molecular formula is C20H23N3O3. The van der Waals surface area contributed by atoms with Crippen molar-refractivity contribution in [3.8, 4) is 11.5 Å². The normalized spacial score (nSPS) is 10.7. The number of ether oxygens (including phenoxy) is 2. The molecule has 1 amide bonds. The summed E-state index contributed by atoms with van der Waals surface area (Å²) in [5.74, 6) is 2.19. The average Bonchev–Trinajstić information content (AvgIpc) is 3.03. The van der Waals surface area contributed by atoms with Gasteiger partial charge in [-0.05, 0) is 24.3 Å². The molecule has 0 saturated heterocycles. The first-order valence-electron chi connectivity index (χ1n) is 8.69. The lowest BCUT2D eigenvalue weighted by Gasteiger charge is -2.12. The second-order valence-electron chi connectivity index (χ2n) is 5.81. The molecule has 0 aliphatic rings. The molecule has 136 valence electrons. The summed E-state index contributed by atoms with van der Waals surface area (Å²) in [6.45, 7) is 3.08. The van der Waals surface area contributed by atoms with Gasteiger partial charge in [0.1, 0.15) is 19.0 Å². The monoisotopic (exact) mass is 353 g/mol. The number of hydrogen-bond acceptors (Lipinski definition) is 4. The highest BCUT2D eigenvalue weighted by Crippen LogP contribution is 2.25. The quantitative estimate of drug-likeness (QED) is 0.633. The SMILES string of the molecule is CCc1nc2ccccc2n1CC(=O)NCCOc1ccccc1OC. The first-order chi connectivity index (χ1) is 12.7. The van der Waals surface area contributed by atoms with Gasteiger partial charge in [0.25, 0.3) is 0 Å². The van der Waals surface area contributed by atoms with E-state index in [2.05, 4.69) is 10.3 Å². The van der Waals surface area contributed by atoms with Gasteiger partial charge >= 0.3 is 0 Å². The van der Waals surface area contributed by atoms with E-state index in [4.69, 9.17) is 9.47 Å². The van der Waals surface area contributed by atoms with Crippen LogP contribution >= 0.6 is 0 Å². The van der Waals surface area contributed by atoms with Crippen molar-refractivity contribution in [2.75, 3.05) is 20.3 Å². The number of aromatic nitrogens is 2. The fraction of sp³-hybridized carbons (Fsp3) is 0.300. The molecule has 2 aromatic carbocycles. The minimum atomic E-state index is -0.0634. The van der Waals surface area contributed by atoms with Crippen LogP contribution in [0.4, 0.5) is 0 Å². The van der Waals surface area contributed by atoms with Crippen molar-refractivity contribution in [3.05, 3.63) is 54.4 Å². The molecule has 0 spiro atoms. The zero-order valence-electron chi connectivity index (χ0n) is 15.1. The maximum Gasteiger partial charge on any atom is 0.240 e. The van der Waals surface area contributed by atoms with E-state index in [0.29, 0.717) is 24.7 Å². The number of carbonyl (C=O) groups is 1. The van der Waals surface area contributed by atoms with Crippen LogP contribution in [0.5, 0.6) is 11.5 Å². The Morgan fingerprint density at radius 3 is 2.62 bits per heavy atom. The van der Waals surface area contributed by atoms with E-state index in [-0.39, 0.29) is 12.5 Å². The number of hydrogen-bond donors (Lipinski definition) is 1. The maximum absolute atomic E-state index is 12.3. The number of imidazole rings is 1. The molecule has 0 atom stereocenters. The summed E-state index contributed by atoms with van der Waals surface area (Å²) in [4.78, 5) is 16.9. The number of aryl methyl sites for hydroxylation is 1. The van der Waals surface area contributed by atoms with Gasteiger partial charge in [-0.25, -0.2) is 4.98 Å². The number of rotatable bonds is 8. The minimum absolute atomic E-state index is 0.0634. The van der Waals surface area contributed by atoms with Crippen molar-refractivity contribution in [2.45, 2.75) is 19.9 Å². The Morgan fingerprint density at radius 2 is 1.85 bits per heavy atom. The molecule has 0 bridgehead atoms. The van der Waals surface area contributed by atoms with Crippen LogP contribution < -0.4 is 14.8 Å². The average molecular weight is 353 g/mol. The minimum Gasteiger partial charge on any atom is -0.493 e. The first kappa shape index (κ1) is 17.8. The number of nitrogens with zero attached hydrogens (tertiary/aromatic N) is 2. The second-order valence-corrected chi connectivity index (χ2v) is 5.81. The Labute approximate surface area is 152 Å². The molecule has 6 nitrogen and oxygen atoms in total. The number of benzene rings is 2. The summed E-state index contributed by atoms with van der Waals surface area (Å²) < 4.78 is 12.9. The van der Waals surface area contributed by atoms with Gasteiger partial charge in [-0.15, -0.1) is 0 Å². The van der Waals surface area contributed by atoms with Crippen molar-refractivity contribution in [3.63, 3.8) is 0 Å². The number of para-hydroxylation sites is 4. The van der Waals surface area contributed by atoms with E-state index in [1.165, 1.54) is 0 Å². The van der Waals surface area contributed by atoms with Crippen LogP contribution in [0.25, 0.3) is 11.0 Å². The van der Waals surface area contributed by atoms with Crippen LogP contribution in [-0.4, -0.2) is 35.7 Å². The van der Waals surface area contributed by atoms with E-state index in [1.807, 2.05) is 60.0 Å². The topological polar surface area (TPSA) is 65.4 Å². The Morgan fingerprint density at radius 1 is 1.12 bits per heavy atom. The van der Waals surface area contributed by atoms with Crippen molar-refractivity contribution >= 4 is 16.9 Å². The Hall–Kier alpha value is -3.02. The summed E-state index contributed by atoms with van der Waals surface area (Å²) >= 11 is 0. The number of carbonyl (C=O) groups excluding carboxylic acids is 1. The number of nitrogens with one attached hydrogen (secondary N) is 1. The van der Waals surface area contributed by atoms with Gasteiger partial charge in [-0.3, -0.25) is 4.79 Å². The van der Waals surface area contributed by atoms with E-state index < -0.39 is 0 Å². The lowest BCUT2D eigenvalue weighted by Crippen LogP contribution is -2.31. The molecule has 1 aromatic heterocycles. The Kier molecular flexibility index (Phi) is 5.73. The molecular weight excluding hydrogens is 330 g/mol. The van der Waals surface area contributed by atoms with Gasteiger partial charge in [0, 0.05) is 6.42 Å².